The predicted molar refractivity (Wildman–Crippen MR) is 109 cm³/mol. The molecule has 0 spiro atoms. The van der Waals surface area contributed by atoms with Crippen molar-refractivity contribution < 1.29 is 22.8 Å². The number of nitrogens with zero attached hydrogens (tertiary/aromatic N) is 2. The fourth-order valence-corrected chi connectivity index (χ4v) is 3.48. The summed E-state index contributed by atoms with van der Waals surface area (Å²) in [6.45, 7) is 3.99. The van der Waals surface area contributed by atoms with Crippen molar-refractivity contribution in [2.45, 2.75) is 45.1 Å². The van der Waals surface area contributed by atoms with Crippen LogP contribution in [0.25, 0.3) is 0 Å². The van der Waals surface area contributed by atoms with Crippen LogP contribution in [-0.4, -0.2) is 41.5 Å². The Kier molecular flexibility index (Phi) is 6.45. The van der Waals surface area contributed by atoms with E-state index in [0.717, 1.165) is 10.5 Å². The molecule has 8 heteroatoms. The number of nitrogens with one attached hydrogen (secondary N) is 1. The fourth-order valence-electron chi connectivity index (χ4n) is 3.48. The lowest BCUT2D eigenvalue weighted by Gasteiger charge is -2.34. The van der Waals surface area contributed by atoms with Gasteiger partial charge in [0.15, 0.2) is 0 Å². The van der Waals surface area contributed by atoms with Gasteiger partial charge in [0.1, 0.15) is 6.04 Å². The molecule has 0 unspecified atom stereocenters. The number of halogens is 3. The maximum atomic E-state index is 13.9. The van der Waals surface area contributed by atoms with Gasteiger partial charge in [-0.1, -0.05) is 42.5 Å². The van der Waals surface area contributed by atoms with E-state index in [1.165, 1.54) is 12.1 Å². The van der Waals surface area contributed by atoms with E-state index in [1.54, 1.807) is 12.1 Å². The highest BCUT2D eigenvalue weighted by molar-refractivity contribution is 6.05. The number of hydrogen-bond acceptors (Lipinski definition) is 3. The van der Waals surface area contributed by atoms with Crippen molar-refractivity contribution in [3.8, 4) is 0 Å². The average molecular weight is 419 g/mol. The second kappa shape index (κ2) is 8.87. The summed E-state index contributed by atoms with van der Waals surface area (Å²) in [4.78, 5) is 27.9. The van der Waals surface area contributed by atoms with Crippen LogP contribution in [0, 0.1) is 0 Å². The summed E-state index contributed by atoms with van der Waals surface area (Å²) < 4.78 is 41.6. The maximum absolute atomic E-state index is 13.9. The molecular formula is C22H24F3N3O2. The minimum absolute atomic E-state index is 0.0547. The van der Waals surface area contributed by atoms with Gasteiger partial charge in [-0.05, 0) is 31.5 Å². The minimum Gasteiger partial charge on any atom is -0.324 e. The molecule has 0 bridgehead atoms. The van der Waals surface area contributed by atoms with E-state index in [1.807, 2.05) is 49.1 Å². The molecule has 0 aliphatic carbocycles. The predicted octanol–water partition coefficient (Wildman–Crippen LogP) is 4.20. The molecule has 2 aromatic rings. The van der Waals surface area contributed by atoms with Crippen LogP contribution >= 0.6 is 0 Å². The van der Waals surface area contributed by atoms with Gasteiger partial charge in [-0.25, -0.2) is 0 Å². The Morgan fingerprint density at radius 2 is 1.77 bits per heavy atom. The molecule has 1 aliphatic heterocycles. The van der Waals surface area contributed by atoms with E-state index >= 15 is 0 Å². The first-order valence-corrected chi connectivity index (χ1v) is 9.72. The van der Waals surface area contributed by atoms with Gasteiger partial charge in [0, 0.05) is 12.6 Å². The molecular weight excluding hydrogens is 395 g/mol. The van der Waals surface area contributed by atoms with E-state index in [-0.39, 0.29) is 24.0 Å². The third-order valence-corrected chi connectivity index (χ3v) is 5.07. The molecule has 1 atom stereocenters. The Labute approximate surface area is 173 Å². The summed E-state index contributed by atoms with van der Waals surface area (Å²) in [5, 5.41) is 2.48. The normalized spacial score (nSPS) is 17.0. The van der Waals surface area contributed by atoms with Crippen LogP contribution in [0.5, 0.6) is 0 Å². The molecule has 2 aromatic carbocycles. The molecule has 0 radical (unpaired) electrons. The number of anilines is 2. The topological polar surface area (TPSA) is 52.7 Å². The van der Waals surface area contributed by atoms with Gasteiger partial charge >= 0.3 is 6.18 Å². The first-order chi connectivity index (χ1) is 14.2. The van der Waals surface area contributed by atoms with Crippen molar-refractivity contribution in [1.29, 1.82) is 0 Å². The zero-order valence-electron chi connectivity index (χ0n) is 16.8. The summed E-state index contributed by atoms with van der Waals surface area (Å²) in [6, 6.07) is 13.2. The minimum atomic E-state index is -4.74. The van der Waals surface area contributed by atoms with Crippen LogP contribution in [0.4, 0.5) is 24.5 Å². The molecule has 5 nitrogen and oxygen atoms in total. The molecule has 0 aromatic heterocycles. The Morgan fingerprint density at radius 1 is 1.13 bits per heavy atom. The summed E-state index contributed by atoms with van der Waals surface area (Å²) in [7, 11) is 0. The van der Waals surface area contributed by atoms with Gasteiger partial charge in [-0.2, -0.15) is 13.2 Å². The van der Waals surface area contributed by atoms with Gasteiger partial charge in [0.2, 0.25) is 11.8 Å². The molecule has 30 heavy (non-hydrogen) atoms. The van der Waals surface area contributed by atoms with Crippen molar-refractivity contribution in [3.63, 3.8) is 0 Å². The van der Waals surface area contributed by atoms with E-state index in [0.29, 0.717) is 6.54 Å². The zero-order valence-corrected chi connectivity index (χ0v) is 16.8. The van der Waals surface area contributed by atoms with Gasteiger partial charge < -0.3 is 5.32 Å². The lowest BCUT2D eigenvalue weighted by molar-refractivity contribution is -0.158. The van der Waals surface area contributed by atoms with Crippen molar-refractivity contribution >= 4 is 23.2 Å². The molecule has 3 rings (SSSR count). The highest BCUT2D eigenvalue weighted by Crippen LogP contribution is 2.37. The molecule has 0 saturated carbocycles. The van der Waals surface area contributed by atoms with Crippen LogP contribution in [0.15, 0.2) is 54.6 Å². The summed E-state index contributed by atoms with van der Waals surface area (Å²) in [5.74, 6) is -1.48. The Balaban J connectivity index is 1.94. The van der Waals surface area contributed by atoms with Gasteiger partial charge in [-0.3, -0.25) is 19.4 Å². The Hall–Kier alpha value is -2.87. The zero-order chi connectivity index (χ0) is 21.9. The second-order valence-corrected chi connectivity index (χ2v) is 7.57. The number of alkyl halides is 3. The number of fused-ring (bicyclic) bond motifs is 1. The van der Waals surface area contributed by atoms with E-state index in [2.05, 4.69) is 5.32 Å². The number of hydrogen-bond donors (Lipinski definition) is 1. The standard InChI is InChI=1S/C22H24F3N3O2/c1-15(2)27(13-16-8-4-3-5-9-16)14-21(30)28-18-11-7-6-10-17(18)26-20(29)12-19(28)22(23,24)25/h3-11,15,19H,12-14H2,1-2H3,(H,26,29)/t19-/m0/s1. The number of amides is 2. The molecule has 0 fully saturated rings. The average Bonchev–Trinajstić information content (AvgIpc) is 2.83. The number of para-hydroxylation sites is 2. The summed E-state index contributed by atoms with van der Waals surface area (Å²) in [5.41, 5.74) is 1.21. The molecule has 2 amide bonds. The number of benzene rings is 2. The van der Waals surface area contributed by atoms with Crippen molar-refractivity contribution in [3.05, 3.63) is 60.2 Å². The van der Waals surface area contributed by atoms with Crippen molar-refractivity contribution in [2.24, 2.45) is 0 Å². The maximum Gasteiger partial charge on any atom is 0.409 e. The lowest BCUT2D eigenvalue weighted by Crippen LogP contribution is -2.53. The van der Waals surface area contributed by atoms with E-state index < -0.39 is 30.5 Å². The lowest BCUT2D eigenvalue weighted by atomic mass is 10.1. The van der Waals surface area contributed by atoms with Crippen LogP contribution in [0.3, 0.4) is 0 Å². The number of carbonyl (C=O) groups is 2. The Morgan fingerprint density at radius 3 is 2.40 bits per heavy atom. The van der Waals surface area contributed by atoms with Gasteiger partial charge in [0.05, 0.1) is 24.3 Å². The van der Waals surface area contributed by atoms with Crippen molar-refractivity contribution in [2.75, 3.05) is 16.8 Å². The van der Waals surface area contributed by atoms with Gasteiger partial charge in [0.25, 0.3) is 0 Å². The molecule has 0 saturated heterocycles. The molecule has 160 valence electrons. The molecule has 1 aliphatic rings. The second-order valence-electron chi connectivity index (χ2n) is 7.57. The molecule has 1 heterocycles. The van der Waals surface area contributed by atoms with Gasteiger partial charge in [-0.15, -0.1) is 0 Å². The summed E-state index contributed by atoms with van der Waals surface area (Å²) in [6.07, 6.45) is -5.59. The number of rotatable bonds is 5. The first kappa shape index (κ1) is 21.8. The largest absolute Gasteiger partial charge is 0.409 e. The highest BCUT2D eigenvalue weighted by atomic mass is 19.4. The van der Waals surface area contributed by atoms with Crippen molar-refractivity contribution in [1.82, 2.24) is 4.90 Å². The van der Waals surface area contributed by atoms with Crippen LogP contribution < -0.4 is 10.2 Å². The third-order valence-electron chi connectivity index (χ3n) is 5.07. The van der Waals surface area contributed by atoms with Crippen LogP contribution in [-0.2, 0) is 16.1 Å². The first-order valence-electron chi connectivity index (χ1n) is 9.72. The number of carbonyl (C=O) groups excluding carboxylic acids is 2. The quantitative estimate of drug-likeness (QED) is 0.790. The Bertz CT molecular complexity index is 900. The smallest absolute Gasteiger partial charge is 0.324 e. The third kappa shape index (κ3) is 4.99. The van der Waals surface area contributed by atoms with E-state index in [9.17, 15) is 22.8 Å². The fraction of sp³-hybridized carbons (Fsp3) is 0.364. The summed E-state index contributed by atoms with van der Waals surface area (Å²) >= 11 is 0. The van der Waals surface area contributed by atoms with Crippen LogP contribution in [0.2, 0.25) is 0 Å². The highest BCUT2D eigenvalue weighted by Gasteiger charge is 2.49. The van der Waals surface area contributed by atoms with Crippen LogP contribution in [0.1, 0.15) is 25.8 Å². The molecule has 1 N–H and O–H groups in total. The monoisotopic (exact) mass is 419 g/mol. The van der Waals surface area contributed by atoms with E-state index in [4.69, 9.17) is 0 Å². The SMILES string of the molecule is CC(C)N(CC(=O)N1c2ccccc2NC(=O)C[C@H]1C(F)(F)F)Cc1ccccc1.